The normalized spacial score (nSPS) is 20.1. The number of hydrogen-bond acceptors (Lipinski definition) is 5. The molecule has 2 aliphatic heterocycles. The van der Waals surface area contributed by atoms with Crippen LogP contribution in [-0.4, -0.2) is 55.4 Å². The summed E-state index contributed by atoms with van der Waals surface area (Å²) in [6.07, 6.45) is 6.15. The minimum atomic E-state index is -1.07. The van der Waals surface area contributed by atoms with Gasteiger partial charge in [-0.25, -0.2) is 4.39 Å². The number of hydrogen-bond donors (Lipinski definition) is 3. The van der Waals surface area contributed by atoms with Gasteiger partial charge in [0.2, 0.25) is 0 Å². The molecule has 0 bridgehead atoms. The number of nitrogens with zero attached hydrogens (tertiary/aromatic N) is 1. The molecule has 0 saturated carbocycles. The molecule has 0 radical (unpaired) electrons. The SMILES string of the molecule is O=C(CF)Nc1ccc(-c2cccc(/C3=C/C(N4CCNCC4)=C/CCCO3)c2O)cc1. The lowest BCUT2D eigenvalue weighted by Gasteiger charge is -2.31. The number of phenolic OH excluding ortho intramolecular Hbond substituents is 1. The molecule has 1 fully saturated rings. The first-order valence-electron chi connectivity index (χ1n) is 10.9. The summed E-state index contributed by atoms with van der Waals surface area (Å²) in [6.45, 7) is 3.29. The Hall–Kier alpha value is -3.32. The van der Waals surface area contributed by atoms with E-state index in [-0.39, 0.29) is 5.75 Å². The molecule has 2 aromatic rings. The van der Waals surface area contributed by atoms with E-state index in [9.17, 15) is 14.3 Å². The van der Waals surface area contributed by atoms with Crippen LogP contribution in [0.25, 0.3) is 16.9 Å². The molecular formula is C25H28FN3O3. The monoisotopic (exact) mass is 437 g/mol. The molecule has 3 N–H and O–H groups in total. The van der Waals surface area contributed by atoms with Gasteiger partial charge in [-0.1, -0.05) is 30.3 Å². The van der Waals surface area contributed by atoms with E-state index in [2.05, 4.69) is 21.6 Å². The molecule has 1 saturated heterocycles. The molecule has 0 aromatic heterocycles. The van der Waals surface area contributed by atoms with Crippen LogP contribution >= 0.6 is 0 Å². The predicted octanol–water partition coefficient (Wildman–Crippen LogP) is 3.91. The van der Waals surface area contributed by atoms with Crippen molar-refractivity contribution in [1.29, 1.82) is 0 Å². The second-order valence-electron chi connectivity index (χ2n) is 7.83. The van der Waals surface area contributed by atoms with Gasteiger partial charge in [-0.3, -0.25) is 4.79 Å². The van der Waals surface area contributed by atoms with Crippen LogP contribution in [0.5, 0.6) is 5.75 Å². The number of nitrogens with one attached hydrogen (secondary N) is 2. The van der Waals surface area contributed by atoms with Crippen molar-refractivity contribution in [2.75, 3.05) is 44.8 Å². The Morgan fingerprint density at radius 1 is 1.12 bits per heavy atom. The van der Waals surface area contributed by atoms with Crippen molar-refractivity contribution in [3.63, 3.8) is 0 Å². The van der Waals surface area contributed by atoms with Crippen molar-refractivity contribution in [3.8, 4) is 16.9 Å². The highest BCUT2D eigenvalue weighted by molar-refractivity contribution is 5.92. The molecule has 0 aliphatic carbocycles. The quantitative estimate of drug-likeness (QED) is 0.662. The number of benzene rings is 2. The van der Waals surface area contributed by atoms with Crippen LogP contribution in [0, 0.1) is 0 Å². The largest absolute Gasteiger partial charge is 0.507 e. The van der Waals surface area contributed by atoms with E-state index in [1.54, 1.807) is 24.3 Å². The minimum absolute atomic E-state index is 0.138. The first-order valence-corrected chi connectivity index (χ1v) is 10.9. The molecule has 2 aliphatic rings. The molecule has 6 nitrogen and oxygen atoms in total. The zero-order valence-electron chi connectivity index (χ0n) is 17.9. The highest BCUT2D eigenvalue weighted by Crippen LogP contribution is 2.37. The molecular weight excluding hydrogens is 409 g/mol. The van der Waals surface area contributed by atoms with E-state index in [0.717, 1.165) is 50.3 Å². The molecule has 2 heterocycles. The van der Waals surface area contributed by atoms with Gasteiger partial charge in [0.05, 0.1) is 12.2 Å². The molecule has 7 heteroatoms. The van der Waals surface area contributed by atoms with Gasteiger partial charge in [-0.05, 0) is 36.6 Å². The first kappa shape index (κ1) is 21.9. The van der Waals surface area contributed by atoms with E-state index < -0.39 is 12.6 Å². The number of allylic oxidation sites excluding steroid dienone is 2. The van der Waals surface area contributed by atoms with E-state index in [1.165, 1.54) is 0 Å². The van der Waals surface area contributed by atoms with Gasteiger partial charge in [0.1, 0.15) is 11.5 Å². The van der Waals surface area contributed by atoms with Gasteiger partial charge in [0.25, 0.3) is 5.91 Å². The number of rotatable bonds is 5. The van der Waals surface area contributed by atoms with Gasteiger partial charge in [-0.2, -0.15) is 0 Å². The summed E-state index contributed by atoms with van der Waals surface area (Å²) in [6, 6.07) is 12.5. The maximum absolute atomic E-state index is 12.4. The van der Waals surface area contributed by atoms with Crippen LogP contribution in [0.15, 0.2) is 60.3 Å². The number of piperazine rings is 1. The number of amides is 1. The van der Waals surface area contributed by atoms with Crippen molar-refractivity contribution in [1.82, 2.24) is 10.2 Å². The lowest BCUT2D eigenvalue weighted by Crippen LogP contribution is -2.42. The van der Waals surface area contributed by atoms with E-state index in [4.69, 9.17) is 4.74 Å². The van der Waals surface area contributed by atoms with Crippen LogP contribution in [0.1, 0.15) is 18.4 Å². The first-order chi connectivity index (χ1) is 15.7. The average Bonchev–Trinajstić information content (AvgIpc) is 2.81. The van der Waals surface area contributed by atoms with Crippen molar-refractivity contribution in [2.24, 2.45) is 0 Å². The van der Waals surface area contributed by atoms with Gasteiger partial charge >= 0.3 is 0 Å². The Labute approximate surface area is 187 Å². The van der Waals surface area contributed by atoms with Crippen LogP contribution < -0.4 is 10.6 Å². The Morgan fingerprint density at radius 2 is 1.88 bits per heavy atom. The number of phenols is 1. The van der Waals surface area contributed by atoms with E-state index >= 15 is 0 Å². The standard InChI is InChI=1S/C25H28FN3O3/c26-17-24(30)28-19-9-7-18(8-10-19)21-5-3-6-22(25(21)31)23-16-20(4-1-2-15-32-23)29-13-11-27-12-14-29/h3-10,16,27,31H,1-2,11-15,17H2,(H,28,30)/b20-4-,23-16-. The summed E-state index contributed by atoms with van der Waals surface area (Å²) in [4.78, 5) is 13.6. The Morgan fingerprint density at radius 3 is 2.62 bits per heavy atom. The molecule has 0 atom stereocenters. The molecule has 1 amide bonds. The van der Waals surface area contributed by atoms with Crippen molar-refractivity contribution < 1.29 is 19.0 Å². The summed E-state index contributed by atoms with van der Waals surface area (Å²) in [5.74, 6) is 0.101. The minimum Gasteiger partial charge on any atom is -0.507 e. The van der Waals surface area contributed by atoms with Crippen LogP contribution in [0.2, 0.25) is 0 Å². The number of para-hydroxylation sites is 1. The predicted molar refractivity (Wildman–Crippen MR) is 124 cm³/mol. The summed E-state index contributed by atoms with van der Waals surface area (Å²) in [5.41, 5.74) is 3.71. The Balaban J connectivity index is 1.64. The molecule has 32 heavy (non-hydrogen) atoms. The van der Waals surface area contributed by atoms with Gasteiger partial charge < -0.3 is 25.4 Å². The fraction of sp³-hybridized carbons (Fsp3) is 0.320. The van der Waals surface area contributed by atoms with Crippen LogP contribution in [0.3, 0.4) is 0 Å². The lowest BCUT2D eigenvalue weighted by molar-refractivity contribution is -0.117. The lowest BCUT2D eigenvalue weighted by atomic mass is 9.99. The summed E-state index contributed by atoms with van der Waals surface area (Å²) >= 11 is 0. The number of ether oxygens (including phenoxy) is 1. The van der Waals surface area contributed by atoms with Gasteiger partial charge in [0.15, 0.2) is 6.67 Å². The Bertz CT molecular complexity index is 1010. The summed E-state index contributed by atoms with van der Waals surface area (Å²) in [7, 11) is 0. The van der Waals surface area contributed by atoms with Crippen molar-refractivity contribution >= 4 is 17.4 Å². The number of alkyl halides is 1. The summed E-state index contributed by atoms with van der Waals surface area (Å²) in [5, 5.41) is 17.0. The van der Waals surface area contributed by atoms with E-state index in [0.29, 0.717) is 29.2 Å². The molecule has 168 valence electrons. The molecule has 4 rings (SSSR count). The summed E-state index contributed by atoms with van der Waals surface area (Å²) < 4.78 is 18.5. The third kappa shape index (κ3) is 5.11. The number of halogens is 1. The maximum Gasteiger partial charge on any atom is 0.255 e. The smallest absolute Gasteiger partial charge is 0.255 e. The molecule has 0 unspecified atom stereocenters. The zero-order chi connectivity index (χ0) is 22.3. The fourth-order valence-corrected chi connectivity index (χ4v) is 3.95. The Kier molecular flexibility index (Phi) is 7.07. The molecule has 2 aromatic carbocycles. The third-order valence-corrected chi connectivity index (χ3v) is 5.62. The average molecular weight is 438 g/mol. The highest BCUT2D eigenvalue weighted by Gasteiger charge is 2.18. The van der Waals surface area contributed by atoms with Gasteiger partial charge in [0, 0.05) is 49.2 Å². The second kappa shape index (κ2) is 10.3. The van der Waals surface area contributed by atoms with Crippen molar-refractivity contribution in [3.05, 3.63) is 65.9 Å². The van der Waals surface area contributed by atoms with E-state index in [1.807, 2.05) is 24.3 Å². The maximum atomic E-state index is 12.4. The number of carbonyl (C=O) groups is 1. The topological polar surface area (TPSA) is 73.8 Å². The number of anilines is 1. The molecule has 0 spiro atoms. The fourth-order valence-electron chi connectivity index (χ4n) is 3.95. The second-order valence-corrected chi connectivity index (χ2v) is 7.83. The number of aromatic hydroxyl groups is 1. The third-order valence-electron chi connectivity index (χ3n) is 5.62. The van der Waals surface area contributed by atoms with Gasteiger partial charge in [-0.15, -0.1) is 0 Å². The highest BCUT2D eigenvalue weighted by atomic mass is 19.1. The van der Waals surface area contributed by atoms with Crippen LogP contribution in [-0.2, 0) is 9.53 Å². The zero-order valence-corrected chi connectivity index (χ0v) is 17.9. The van der Waals surface area contributed by atoms with Crippen LogP contribution in [0.4, 0.5) is 10.1 Å². The van der Waals surface area contributed by atoms with Crippen molar-refractivity contribution in [2.45, 2.75) is 12.8 Å². The number of carbonyl (C=O) groups excluding carboxylic acids is 1.